The third-order valence-electron chi connectivity index (χ3n) is 3.28. The van der Waals surface area contributed by atoms with Crippen LogP contribution in [0, 0.1) is 0 Å². The largest absolute Gasteiger partial charge is 0.324 e. The van der Waals surface area contributed by atoms with Crippen molar-refractivity contribution in [2.24, 2.45) is 0 Å². The lowest BCUT2D eigenvalue weighted by Gasteiger charge is -2.24. The Morgan fingerprint density at radius 1 is 1.42 bits per heavy atom. The van der Waals surface area contributed by atoms with Crippen molar-refractivity contribution in [2.45, 2.75) is 24.0 Å². The maximum atomic E-state index is 12.4. The first-order valence-electron chi connectivity index (χ1n) is 6.54. The molecular formula is C14H19ClN2OS. The Labute approximate surface area is 123 Å². The van der Waals surface area contributed by atoms with Gasteiger partial charge in [-0.2, -0.15) is 0 Å². The minimum absolute atomic E-state index is 0.0412. The molecule has 104 valence electrons. The number of carbonyl (C=O) groups excluding carboxylic acids is 1. The van der Waals surface area contributed by atoms with Gasteiger partial charge in [0.2, 0.25) is 5.91 Å². The molecule has 0 aromatic heterocycles. The van der Waals surface area contributed by atoms with E-state index in [1.54, 1.807) is 11.8 Å². The van der Waals surface area contributed by atoms with E-state index in [1.165, 1.54) is 0 Å². The summed E-state index contributed by atoms with van der Waals surface area (Å²) in [7, 11) is 1.90. The Balaban J connectivity index is 2.26. The van der Waals surface area contributed by atoms with Gasteiger partial charge in [-0.05, 0) is 19.5 Å². The smallest absolute Gasteiger partial charge is 0.236 e. The summed E-state index contributed by atoms with van der Waals surface area (Å²) in [5, 5.41) is 3.93. The number of rotatable bonds is 5. The Morgan fingerprint density at radius 2 is 2.16 bits per heavy atom. The van der Waals surface area contributed by atoms with Gasteiger partial charge in [0.25, 0.3) is 0 Å². The molecule has 1 amide bonds. The number of nitrogens with zero attached hydrogens (tertiary/aromatic N) is 1. The van der Waals surface area contributed by atoms with Gasteiger partial charge in [-0.1, -0.05) is 36.7 Å². The second kappa shape index (κ2) is 6.64. The fraction of sp³-hybridized carbons (Fsp3) is 0.500. The molecular weight excluding hydrogens is 280 g/mol. The van der Waals surface area contributed by atoms with E-state index in [0.29, 0.717) is 6.54 Å². The minimum Gasteiger partial charge on any atom is -0.324 e. The summed E-state index contributed by atoms with van der Waals surface area (Å²) in [6, 6.07) is 7.79. The normalized spacial score (nSPS) is 23.1. The van der Waals surface area contributed by atoms with Gasteiger partial charge in [-0.25, -0.2) is 0 Å². The monoisotopic (exact) mass is 298 g/mol. The van der Waals surface area contributed by atoms with E-state index in [2.05, 4.69) is 12.2 Å². The lowest BCUT2D eigenvalue weighted by molar-refractivity contribution is -0.130. The molecule has 1 N–H and O–H groups in total. The van der Waals surface area contributed by atoms with Gasteiger partial charge in [-0.3, -0.25) is 4.79 Å². The van der Waals surface area contributed by atoms with Gasteiger partial charge in [0.05, 0.1) is 5.25 Å². The second-order valence-corrected chi connectivity index (χ2v) is 6.24. The molecule has 2 atom stereocenters. The van der Waals surface area contributed by atoms with Crippen LogP contribution in [0.25, 0.3) is 0 Å². The van der Waals surface area contributed by atoms with Gasteiger partial charge in [-0.15, -0.1) is 11.8 Å². The summed E-state index contributed by atoms with van der Waals surface area (Å²) in [4.78, 5) is 14.3. The molecule has 0 unspecified atom stereocenters. The molecule has 1 saturated heterocycles. The maximum Gasteiger partial charge on any atom is 0.236 e. The van der Waals surface area contributed by atoms with E-state index in [1.807, 2.05) is 36.2 Å². The zero-order chi connectivity index (χ0) is 13.8. The highest BCUT2D eigenvalue weighted by molar-refractivity contribution is 8.01. The molecule has 0 bridgehead atoms. The Bertz CT molecular complexity index is 455. The third kappa shape index (κ3) is 3.07. The summed E-state index contributed by atoms with van der Waals surface area (Å²) in [5.74, 6) is 0.229. The number of likely N-dealkylation sites (N-methyl/N-ethyl adjacent to an activating group) is 1. The average molecular weight is 299 g/mol. The fourth-order valence-corrected chi connectivity index (χ4v) is 4.00. The highest BCUT2D eigenvalue weighted by atomic mass is 35.5. The zero-order valence-corrected chi connectivity index (χ0v) is 12.8. The molecule has 0 aliphatic carbocycles. The topological polar surface area (TPSA) is 32.3 Å². The number of thioether (sulfide) groups is 1. The van der Waals surface area contributed by atoms with Crippen LogP contribution in [0.3, 0.4) is 0 Å². The van der Waals surface area contributed by atoms with Crippen molar-refractivity contribution in [1.82, 2.24) is 10.2 Å². The van der Waals surface area contributed by atoms with Crippen molar-refractivity contribution in [2.75, 3.05) is 20.1 Å². The van der Waals surface area contributed by atoms with Crippen molar-refractivity contribution in [3.63, 3.8) is 0 Å². The first-order valence-corrected chi connectivity index (χ1v) is 7.86. The van der Waals surface area contributed by atoms with E-state index in [9.17, 15) is 4.79 Å². The van der Waals surface area contributed by atoms with Crippen LogP contribution in [0.4, 0.5) is 0 Å². The van der Waals surface area contributed by atoms with Crippen molar-refractivity contribution in [1.29, 1.82) is 0 Å². The number of carbonyl (C=O) groups is 1. The molecule has 5 heteroatoms. The fourth-order valence-electron chi connectivity index (χ4n) is 2.23. The van der Waals surface area contributed by atoms with Crippen LogP contribution in [0.15, 0.2) is 24.3 Å². The van der Waals surface area contributed by atoms with Crippen LogP contribution in [0.5, 0.6) is 0 Å². The molecule has 1 aliphatic heterocycles. The molecule has 2 rings (SSSR count). The van der Waals surface area contributed by atoms with Crippen LogP contribution in [-0.2, 0) is 4.79 Å². The Morgan fingerprint density at radius 3 is 2.79 bits per heavy atom. The number of hydrogen-bond donors (Lipinski definition) is 1. The summed E-state index contributed by atoms with van der Waals surface area (Å²) in [5.41, 5.74) is 1.04. The molecule has 1 fully saturated rings. The number of amides is 1. The standard InChI is InChI=1S/C14H19ClN2OS/c1-3-12-13(18)17(9-8-16-2)14(19-12)10-6-4-5-7-11(10)15/h4-7,12,14,16H,3,8-9H2,1-2H3/t12-,14-/m0/s1. The molecule has 1 aromatic rings. The number of halogens is 1. The first-order chi connectivity index (χ1) is 9.19. The quantitative estimate of drug-likeness (QED) is 0.907. The predicted molar refractivity (Wildman–Crippen MR) is 81.5 cm³/mol. The van der Waals surface area contributed by atoms with Crippen LogP contribution in [0.2, 0.25) is 5.02 Å². The average Bonchev–Trinajstić information content (AvgIpc) is 2.73. The van der Waals surface area contributed by atoms with Gasteiger partial charge >= 0.3 is 0 Å². The number of hydrogen-bond acceptors (Lipinski definition) is 3. The summed E-state index contributed by atoms with van der Waals surface area (Å²) in [6.45, 7) is 3.57. The SMILES string of the molecule is CC[C@@H]1S[C@@H](c2ccccc2Cl)N(CCNC)C1=O. The molecule has 1 aliphatic rings. The van der Waals surface area contributed by atoms with E-state index in [4.69, 9.17) is 11.6 Å². The lowest BCUT2D eigenvalue weighted by Crippen LogP contribution is -2.35. The Hall–Kier alpha value is -0.710. The van der Waals surface area contributed by atoms with E-state index in [-0.39, 0.29) is 16.5 Å². The van der Waals surface area contributed by atoms with Crippen LogP contribution in [-0.4, -0.2) is 36.2 Å². The van der Waals surface area contributed by atoms with Crippen LogP contribution < -0.4 is 5.32 Å². The Kier molecular flexibility index (Phi) is 5.13. The molecule has 1 heterocycles. The van der Waals surface area contributed by atoms with Crippen molar-refractivity contribution >= 4 is 29.3 Å². The van der Waals surface area contributed by atoms with Gasteiger partial charge in [0.1, 0.15) is 5.37 Å². The highest BCUT2D eigenvalue weighted by Crippen LogP contribution is 2.45. The van der Waals surface area contributed by atoms with Crippen molar-refractivity contribution in [3.8, 4) is 0 Å². The molecule has 19 heavy (non-hydrogen) atoms. The van der Waals surface area contributed by atoms with Gasteiger partial charge in [0, 0.05) is 23.7 Å². The predicted octanol–water partition coefficient (Wildman–Crippen LogP) is 2.91. The van der Waals surface area contributed by atoms with E-state index >= 15 is 0 Å². The lowest BCUT2D eigenvalue weighted by atomic mass is 10.2. The molecule has 3 nitrogen and oxygen atoms in total. The summed E-state index contributed by atoms with van der Waals surface area (Å²) in [6.07, 6.45) is 0.862. The van der Waals surface area contributed by atoms with E-state index < -0.39 is 0 Å². The zero-order valence-electron chi connectivity index (χ0n) is 11.2. The molecule has 0 saturated carbocycles. The molecule has 0 spiro atoms. The van der Waals surface area contributed by atoms with Crippen molar-refractivity contribution < 1.29 is 4.79 Å². The second-order valence-electron chi connectivity index (χ2n) is 4.54. The summed E-state index contributed by atoms with van der Waals surface area (Å²) >= 11 is 7.98. The first kappa shape index (κ1) is 14.7. The summed E-state index contributed by atoms with van der Waals surface area (Å²) < 4.78 is 0. The van der Waals surface area contributed by atoms with E-state index in [0.717, 1.165) is 23.6 Å². The van der Waals surface area contributed by atoms with Crippen LogP contribution in [0.1, 0.15) is 24.3 Å². The number of benzene rings is 1. The van der Waals surface area contributed by atoms with Crippen molar-refractivity contribution in [3.05, 3.63) is 34.9 Å². The third-order valence-corrected chi connectivity index (χ3v) is 5.25. The highest BCUT2D eigenvalue weighted by Gasteiger charge is 2.40. The van der Waals surface area contributed by atoms with Gasteiger partial charge in [0.15, 0.2) is 0 Å². The molecule has 0 radical (unpaired) electrons. The van der Waals surface area contributed by atoms with Crippen LogP contribution >= 0.6 is 23.4 Å². The molecule has 1 aromatic carbocycles. The number of nitrogens with one attached hydrogen (secondary N) is 1. The minimum atomic E-state index is 0.0412. The van der Waals surface area contributed by atoms with Gasteiger partial charge < -0.3 is 10.2 Å². The maximum absolute atomic E-state index is 12.4.